The number of nitrogens with two attached hydrogens (primary N) is 1. The number of nitrogen functional groups attached to an aromatic ring is 1. The van der Waals surface area contributed by atoms with E-state index in [1.807, 2.05) is 43.4 Å². The minimum atomic E-state index is 0.282. The second-order valence-electron chi connectivity index (χ2n) is 6.44. The highest BCUT2D eigenvalue weighted by Gasteiger charge is 2.11. The lowest BCUT2D eigenvalue weighted by atomic mass is 10.1. The van der Waals surface area contributed by atoms with Crippen LogP contribution in [0.1, 0.15) is 11.1 Å². The molecule has 0 aliphatic rings. The van der Waals surface area contributed by atoms with Crippen LogP contribution >= 0.6 is 0 Å². The maximum absolute atomic E-state index is 7.59. The summed E-state index contributed by atoms with van der Waals surface area (Å²) in [7, 11) is 2.00. The highest BCUT2D eigenvalue weighted by Crippen LogP contribution is 2.26. The summed E-state index contributed by atoms with van der Waals surface area (Å²) in [6, 6.07) is 16.0. The van der Waals surface area contributed by atoms with Crippen molar-refractivity contribution >= 4 is 28.9 Å². The molecule has 0 aliphatic carbocycles. The number of nitrogens with zero attached hydrogens (tertiary/aromatic N) is 5. The Bertz CT molecular complexity index is 1140. The van der Waals surface area contributed by atoms with Gasteiger partial charge >= 0.3 is 0 Å². The van der Waals surface area contributed by atoms with Gasteiger partial charge in [-0.3, -0.25) is 4.98 Å². The molecule has 4 aromatic rings. The van der Waals surface area contributed by atoms with Gasteiger partial charge in [-0.1, -0.05) is 36.4 Å². The minimum absolute atomic E-state index is 0.282. The molecule has 2 aromatic heterocycles. The van der Waals surface area contributed by atoms with E-state index in [-0.39, 0.29) is 5.82 Å². The van der Waals surface area contributed by atoms with Crippen LogP contribution in [0.5, 0.6) is 0 Å². The van der Waals surface area contributed by atoms with E-state index < -0.39 is 0 Å². The van der Waals surface area contributed by atoms with Gasteiger partial charge in [-0.15, -0.1) is 0 Å². The van der Waals surface area contributed by atoms with Crippen molar-refractivity contribution in [1.82, 2.24) is 19.9 Å². The van der Waals surface area contributed by atoms with Crippen LogP contribution in [0.3, 0.4) is 0 Å². The summed E-state index contributed by atoms with van der Waals surface area (Å²) in [4.78, 5) is 19.6. The molecule has 2 aromatic carbocycles. The summed E-state index contributed by atoms with van der Waals surface area (Å²) in [5.41, 5.74) is 10.5. The van der Waals surface area contributed by atoms with Gasteiger partial charge in [0.1, 0.15) is 18.0 Å². The molecule has 0 saturated heterocycles. The van der Waals surface area contributed by atoms with Crippen LogP contribution in [0.15, 0.2) is 61.1 Å². The highest BCUT2D eigenvalue weighted by atomic mass is 15.2. The molecule has 0 aliphatic heterocycles. The van der Waals surface area contributed by atoms with Gasteiger partial charge in [0.25, 0.3) is 0 Å². The molecule has 28 heavy (non-hydrogen) atoms. The third-order valence-electron chi connectivity index (χ3n) is 4.52. The van der Waals surface area contributed by atoms with Crippen molar-refractivity contribution in [1.29, 1.82) is 5.41 Å². The zero-order valence-corrected chi connectivity index (χ0v) is 15.4. The Morgan fingerprint density at radius 2 is 1.86 bits per heavy atom. The first kappa shape index (κ1) is 17.5. The molecule has 4 rings (SSSR count). The molecule has 0 bridgehead atoms. The lowest BCUT2D eigenvalue weighted by molar-refractivity contribution is 0.897. The van der Waals surface area contributed by atoms with Gasteiger partial charge in [0.2, 0.25) is 0 Å². The summed E-state index contributed by atoms with van der Waals surface area (Å²) in [6.45, 7) is 0.752. The van der Waals surface area contributed by atoms with E-state index in [1.54, 1.807) is 6.20 Å². The van der Waals surface area contributed by atoms with E-state index >= 15 is 0 Å². The lowest BCUT2D eigenvalue weighted by Gasteiger charge is -2.18. The van der Waals surface area contributed by atoms with E-state index in [2.05, 4.69) is 32.0 Å². The van der Waals surface area contributed by atoms with Crippen LogP contribution in [0.25, 0.3) is 22.3 Å². The molecule has 3 N–H and O–H groups in total. The fraction of sp³-hybridized carbons (Fsp3) is 0.0952. The topological polar surface area (TPSA) is 105 Å². The van der Waals surface area contributed by atoms with Gasteiger partial charge < -0.3 is 16.0 Å². The zero-order chi connectivity index (χ0) is 19.5. The van der Waals surface area contributed by atoms with Gasteiger partial charge in [0, 0.05) is 25.4 Å². The molecule has 0 radical (unpaired) electrons. The first-order valence-electron chi connectivity index (χ1n) is 8.79. The number of benzene rings is 2. The second kappa shape index (κ2) is 7.40. The molecule has 0 unspecified atom stereocenters. The quantitative estimate of drug-likeness (QED) is 0.523. The average Bonchev–Trinajstić information content (AvgIpc) is 2.73. The third-order valence-corrected chi connectivity index (χ3v) is 4.52. The van der Waals surface area contributed by atoms with Crippen molar-refractivity contribution < 1.29 is 0 Å². The number of aromatic nitrogens is 4. The summed E-state index contributed by atoms with van der Waals surface area (Å²) < 4.78 is 0. The maximum Gasteiger partial charge on any atom is 0.147 e. The summed E-state index contributed by atoms with van der Waals surface area (Å²) in [5.74, 6) is 1.08. The standard InChI is InChI=1S/C21H19N7/c1-28(12-14-5-3-2-4-6-14)19-11-24-18-9-15(7-8-17(18)27-19)20-16(10-22)21(23)26-13-25-20/h2-11,13,22H,12H2,1H3,(H2,23,25,26). The lowest BCUT2D eigenvalue weighted by Crippen LogP contribution is -2.17. The number of nitrogens with one attached hydrogen (secondary N) is 1. The van der Waals surface area contributed by atoms with Crippen molar-refractivity contribution in [2.24, 2.45) is 0 Å². The van der Waals surface area contributed by atoms with Crippen LogP contribution in [0.2, 0.25) is 0 Å². The van der Waals surface area contributed by atoms with Crippen molar-refractivity contribution in [2.75, 3.05) is 17.7 Å². The van der Waals surface area contributed by atoms with Gasteiger partial charge in [0.05, 0.1) is 28.5 Å². The predicted octanol–water partition coefficient (Wildman–Crippen LogP) is 3.30. The smallest absolute Gasteiger partial charge is 0.147 e. The predicted molar refractivity (Wildman–Crippen MR) is 111 cm³/mol. The van der Waals surface area contributed by atoms with Crippen LogP contribution in [-0.2, 0) is 6.54 Å². The summed E-state index contributed by atoms with van der Waals surface area (Å²) >= 11 is 0. The number of hydrogen-bond acceptors (Lipinski definition) is 7. The maximum atomic E-state index is 7.59. The SMILES string of the molecule is CN(Cc1ccccc1)c1cnc2cc(-c3ncnc(N)c3C=N)ccc2n1. The van der Waals surface area contributed by atoms with Crippen molar-refractivity contribution in [2.45, 2.75) is 6.54 Å². The number of hydrogen-bond donors (Lipinski definition) is 2. The molecule has 0 spiro atoms. The normalized spacial score (nSPS) is 10.8. The number of fused-ring (bicyclic) bond motifs is 1. The van der Waals surface area contributed by atoms with E-state index in [0.29, 0.717) is 11.3 Å². The minimum Gasteiger partial charge on any atom is -0.383 e. The molecule has 0 saturated carbocycles. The molecule has 0 atom stereocenters. The van der Waals surface area contributed by atoms with Crippen molar-refractivity contribution in [3.8, 4) is 11.3 Å². The van der Waals surface area contributed by atoms with Gasteiger partial charge in [-0.2, -0.15) is 0 Å². The first-order valence-corrected chi connectivity index (χ1v) is 8.79. The molecular weight excluding hydrogens is 350 g/mol. The van der Waals surface area contributed by atoms with Crippen LogP contribution in [-0.4, -0.2) is 33.2 Å². The van der Waals surface area contributed by atoms with Crippen LogP contribution < -0.4 is 10.6 Å². The molecule has 0 amide bonds. The molecular formula is C21H19N7. The Labute approximate surface area is 162 Å². The largest absolute Gasteiger partial charge is 0.383 e. The van der Waals surface area contributed by atoms with Crippen molar-refractivity contribution in [3.05, 3.63) is 72.2 Å². The Morgan fingerprint density at radius 3 is 2.64 bits per heavy atom. The Balaban J connectivity index is 1.67. The van der Waals surface area contributed by atoms with E-state index in [0.717, 1.165) is 29.0 Å². The first-order chi connectivity index (χ1) is 13.7. The fourth-order valence-corrected chi connectivity index (χ4v) is 3.05. The summed E-state index contributed by atoms with van der Waals surface area (Å²) in [6.07, 6.45) is 4.33. The molecule has 7 heteroatoms. The number of rotatable bonds is 5. The fourth-order valence-electron chi connectivity index (χ4n) is 3.05. The number of anilines is 2. The van der Waals surface area contributed by atoms with Gasteiger partial charge in [-0.25, -0.2) is 15.0 Å². The molecule has 7 nitrogen and oxygen atoms in total. The Kier molecular flexibility index (Phi) is 4.63. The van der Waals surface area contributed by atoms with Crippen LogP contribution in [0.4, 0.5) is 11.6 Å². The monoisotopic (exact) mass is 369 g/mol. The van der Waals surface area contributed by atoms with Crippen LogP contribution in [0, 0.1) is 5.41 Å². The molecule has 0 fully saturated rings. The second-order valence-corrected chi connectivity index (χ2v) is 6.44. The highest BCUT2D eigenvalue weighted by molar-refractivity contribution is 5.93. The van der Waals surface area contributed by atoms with Gasteiger partial charge in [-0.05, 0) is 17.7 Å². The third kappa shape index (κ3) is 3.37. The van der Waals surface area contributed by atoms with Gasteiger partial charge in [0.15, 0.2) is 0 Å². The molecule has 138 valence electrons. The molecule has 2 heterocycles. The Hall–Kier alpha value is -3.87. The zero-order valence-electron chi connectivity index (χ0n) is 15.4. The van der Waals surface area contributed by atoms with Crippen molar-refractivity contribution in [3.63, 3.8) is 0 Å². The van der Waals surface area contributed by atoms with E-state index in [1.165, 1.54) is 18.1 Å². The van der Waals surface area contributed by atoms with E-state index in [4.69, 9.17) is 16.1 Å². The summed E-state index contributed by atoms with van der Waals surface area (Å²) in [5, 5.41) is 7.59. The average molecular weight is 369 g/mol. The van der Waals surface area contributed by atoms with E-state index in [9.17, 15) is 0 Å². The Morgan fingerprint density at radius 1 is 1.04 bits per heavy atom.